The molecule has 0 fully saturated rings. The van der Waals surface area contributed by atoms with Crippen LogP contribution in [0.2, 0.25) is 10.0 Å². The first-order chi connectivity index (χ1) is 9.02. The van der Waals surface area contributed by atoms with Crippen molar-refractivity contribution >= 4 is 29.2 Å². The SMILES string of the molecule is COc1ccc(-c2ccc(C(=O)O)cc2Cl)cc1Cl. The van der Waals surface area contributed by atoms with E-state index in [2.05, 4.69) is 0 Å². The van der Waals surface area contributed by atoms with Crippen molar-refractivity contribution in [1.82, 2.24) is 0 Å². The topological polar surface area (TPSA) is 46.5 Å². The molecule has 0 saturated carbocycles. The summed E-state index contributed by atoms with van der Waals surface area (Å²) >= 11 is 12.1. The zero-order valence-electron chi connectivity index (χ0n) is 9.98. The van der Waals surface area contributed by atoms with Crippen LogP contribution < -0.4 is 4.74 Å². The van der Waals surface area contributed by atoms with Crippen LogP contribution in [0.25, 0.3) is 11.1 Å². The maximum atomic E-state index is 10.8. The Labute approximate surface area is 120 Å². The van der Waals surface area contributed by atoms with E-state index >= 15 is 0 Å². The summed E-state index contributed by atoms with van der Waals surface area (Å²) in [6.45, 7) is 0. The standard InChI is InChI=1S/C14H10Cl2O3/c1-19-13-5-3-8(6-12(13)16)10-4-2-9(14(17)18)7-11(10)15/h2-7H,1H3,(H,17,18). The summed E-state index contributed by atoms with van der Waals surface area (Å²) in [4.78, 5) is 10.8. The Morgan fingerprint density at radius 1 is 1.11 bits per heavy atom. The van der Waals surface area contributed by atoms with Crippen molar-refractivity contribution in [2.75, 3.05) is 7.11 Å². The van der Waals surface area contributed by atoms with Gasteiger partial charge in [-0.3, -0.25) is 0 Å². The predicted molar refractivity (Wildman–Crippen MR) is 75.4 cm³/mol. The van der Waals surface area contributed by atoms with Crippen LogP contribution in [0.15, 0.2) is 36.4 Å². The van der Waals surface area contributed by atoms with E-state index in [1.165, 1.54) is 19.2 Å². The monoisotopic (exact) mass is 296 g/mol. The molecule has 19 heavy (non-hydrogen) atoms. The van der Waals surface area contributed by atoms with E-state index in [4.69, 9.17) is 33.0 Å². The minimum atomic E-state index is -1.01. The summed E-state index contributed by atoms with van der Waals surface area (Å²) < 4.78 is 5.07. The van der Waals surface area contributed by atoms with Gasteiger partial charge in [0.25, 0.3) is 0 Å². The third-order valence-corrected chi connectivity index (χ3v) is 3.29. The molecule has 2 rings (SSSR count). The molecule has 3 nitrogen and oxygen atoms in total. The molecule has 0 radical (unpaired) electrons. The van der Waals surface area contributed by atoms with Gasteiger partial charge in [0, 0.05) is 10.6 Å². The van der Waals surface area contributed by atoms with Crippen LogP contribution >= 0.6 is 23.2 Å². The molecule has 5 heteroatoms. The summed E-state index contributed by atoms with van der Waals surface area (Å²) in [7, 11) is 1.54. The quantitative estimate of drug-likeness (QED) is 0.915. The molecule has 0 saturated heterocycles. The Hall–Kier alpha value is -1.71. The van der Waals surface area contributed by atoms with Gasteiger partial charge in [0.15, 0.2) is 0 Å². The molecule has 0 atom stereocenters. The van der Waals surface area contributed by atoms with Gasteiger partial charge < -0.3 is 9.84 Å². The van der Waals surface area contributed by atoms with Crippen LogP contribution in [0, 0.1) is 0 Å². The van der Waals surface area contributed by atoms with E-state index in [0.717, 1.165) is 11.1 Å². The van der Waals surface area contributed by atoms with Gasteiger partial charge in [-0.1, -0.05) is 35.3 Å². The third kappa shape index (κ3) is 2.83. The van der Waals surface area contributed by atoms with E-state index in [1.807, 2.05) is 6.07 Å². The van der Waals surface area contributed by atoms with Gasteiger partial charge in [-0.25, -0.2) is 4.79 Å². The molecule has 1 N–H and O–H groups in total. The predicted octanol–water partition coefficient (Wildman–Crippen LogP) is 4.37. The van der Waals surface area contributed by atoms with Crippen LogP contribution in [0.5, 0.6) is 5.75 Å². The molecule has 0 unspecified atom stereocenters. The number of hydrogen-bond acceptors (Lipinski definition) is 2. The summed E-state index contributed by atoms with van der Waals surface area (Å²) in [5.74, 6) is -0.440. The fraction of sp³-hybridized carbons (Fsp3) is 0.0714. The van der Waals surface area contributed by atoms with Gasteiger partial charge in [-0.15, -0.1) is 0 Å². The maximum Gasteiger partial charge on any atom is 0.335 e. The molecule has 0 aromatic heterocycles. The van der Waals surface area contributed by atoms with Crippen molar-refractivity contribution in [3.8, 4) is 16.9 Å². The molecule has 0 aliphatic heterocycles. The van der Waals surface area contributed by atoms with Crippen molar-refractivity contribution in [3.63, 3.8) is 0 Å². The van der Waals surface area contributed by atoms with Crippen molar-refractivity contribution in [2.24, 2.45) is 0 Å². The number of ether oxygens (including phenoxy) is 1. The Balaban J connectivity index is 2.47. The van der Waals surface area contributed by atoms with Crippen molar-refractivity contribution < 1.29 is 14.6 Å². The number of carboxylic acid groups (broad SMARTS) is 1. The number of aromatic carboxylic acids is 1. The van der Waals surface area contributed by atoms with E-state index in [9.17, 15) is 4.79 Å². The van der Waals surface area contributed by atoms with E-state index in [-0.39, 0.29) is 5.56 Å². The fourth-order valence-electron chi connectivity index (χ4n) is 1.72. The van der Waals surface area contributed by atoms with Gasteiger partial charge >= 0.3 is 5.97 Å². The molecule has 98 valence electrons. The Morgan fingerprint density at radius 2 is 1.84 bits per heavy atom. The molecule has 0 aliphatic carbocycles. The highest BCUT2D eigenvalue weighted by molar-refractivity contribution is 6.34. The number of halogens is 2. The van der Waals surface area contributed by atoms with Crippen molar-refractivity contribution in [2.45, 2.75) is 0 Å². The maximum absolute atomic E-state index is 10.8. The van der Waals surface area contributed by atoms with Crippen molar-refractivity contribution in [3.05, 3.63) is 52.0 Å². The van der Waals surface area contributed by atoms with Crippen molar-refractivity contribution in [1.29, 1.82) is 0 Å². The Bertz CT molecular complexity index is 639. The van der Waals surface area contributed by atoms with Gasteiger partial charge in [0.1, 0.15) is 5.75 Å². The summed E-state index contributed by atoms with van der Waals surface area (Å²) in [5, 5.41) is 9.72. The van der Waals surface area contributed by atoms with Crippen LogP contribution in [0.1, 0.15) is 10.4 Å². The molecule has 0 spiro atoms. The minimum absolute atomic E-state index is 0.147. The second kappa shape index (κ2) is 5.51. The van der Waals surface area contributed by atoms with Crippen LogP contribution in [0.4, 0.5) is 0 Å². The van der Waals surface area contributed by atoms with Gasteiger partial charge in [0.2, 0.25) is 0 Å². The molecule has 0 heterocycles. The zero-order chi connectivity index (χ0) is 14.0. The summed E-state index contributed by atoms with van der Waals surface area (Å²) in [6, 6.07) is 9.84. The molecular weight excluding hydrogens is 287 g/mol. The second-order valence-corrected chi connectivity index (χ2v) is 4.66. The van der Waals surface area contributed by atoms with Gasteiger partial charge in [-0.05, 0) is 29.8 Å². The Kier molecular flexibility index (Phi) is 3.98. The number of hydrogen-bond donors (Lipinski definition) is 1. The molecule has 0 aliphatic rings. The molecule has 2 aromatic rings. The van der Waals surface area contributed by atoms with Crippen LogP contribution in [0.3, 0.4) is 0 Å². The molecule has 2 aromatic carbocycles. The first kappa shape index (κ1) is 13.7. The first-order valence-corrected chi connectivity index (χ1v) is 6.15. The smallest absolute Gasteiger partial charge is 0.335 e. The fourth-order valence-corrected chi connectivity index (χ4v) is 2.26. The zero-order valence-corrected chi connectivity index (χ0v) is 11.5. The number of rotatable bonds is 3. The van der Waals surface area contributed by atoms with Gasteiger partial charge in [-0.2, -0.15) is 0 Å². The number of methoxy groups -OCH3 is 1. The number of benzene rings is 2. The molecule has 0 bridgehead atoms. The average Bonchev–Trinajstić information content (AvgIpc) is 2.38. The second-order valence-electron chi connectivity index (χ2n) is 3.85. The lowest BCUT2D eigenvalue weighted by atomic mass is 10.0. The summed E-state index contributed by atoms with van der Waals surface area (Å²) in [5.41, 5.74) is 1.66. The number of carbonyl (C=O) groups is 1. The highest BCUT2D eigenvalue weighted by atomic mass is 35.5. The largest absolute Gasteiger partial charge is 0.495 e. The lowest BCUT2D eigenvalue weighted by molar-refractivity contribution is 0.0697. The van der Waals surface area contributed by atoms with E-state index in [1.54, 1.807) is 18.2 Å². The van der Waals surface area contributed by atoms with Crippen LogP contribution in [-0.2, 0) is 0 Å². The van der Waals surface area contributed by atoms with Gasteiger partial charge in [0.05, 0.1) is 17.7 Å². The summed E-state index contributed by atoms with van der Waals surface area (Å²) in [6.07, 6.45) is 0. The highest BCUT2D eigenvalue weighted by Crippen LogP contribution is 2.34. The Morgan fingerprint density at radius 3 is 2.37 bits per heavy atom. The van der Waals surface area contributed by atoms with Crippen LogP contribution in [-0.4, -0.2) is 18.2 Å². The van der Waals surface area contributed by atoms with E-state index in [0.29, 0.717) is 15.8 Å². The lowest BCUT2D eigenvalue weighted by Gasteiger charge is -2.08. The minimum Gasteiger partial charge on any atom is -0.495 e. The first-order valence-electron chi connectivity index (χ1n) is 5.39. The third-order valence-electron chi connectivity index (χ3n) is 2.68. The lowest BCUT2D eigenvalue weighted by Crippen LogP contribution is -1.96. The number of carboxylic acids is 1. The van der Waals surface area contributed by atoms with E-state index < -0.39 is 5.97 Å². The average molecular weight is 297 g/mol. The normalized spacial score (nSPS) is 10.3. The highest BCUT2D eigenvalue weighted by Gasteiger charge is 2.10. The molecular formula is C14H10Cl2O3. The molecule has 0 amide bonds.